The first-order valence-corrected chi connectivity index (χ1v) is 6.23. The van der Waals surface area contributed by atoms with Crippen LogP contribution in [-0.4, -0.2) is 19.6 Å². The molecule has 0 radical (unpaired) electrons. The van der Waals surface area contributed by atoms with Crippen LogP contribution in [0.2, 0.25) is 0 Å². The summed E-state index contributed by atoms with van der Waals surface area (Å²) in [4.78, 5) is 0. The van der Waals surface area contributed by atoms with E-state index in [4.69, 9.17) is 0 Å². The Morgan fingerprint density at radius 3 is 3.07 bits per heavy atom. The molecule has 14 heavy (non-hydrogen) atoms. The second-order valence-corrected chi connectivity index (χ2v) is 4.94. The Morgan fingerprint density at radius 1 is 1.64 bits per heavy atom. The molecule has 78 valence electrons. The van der Waals surface area contributed by atoms with Gasteiger partial charge in [0.2, 0.25) is 0 Å². The van der Waals surface area contributed by atoms with E-state index in [0.29, 0.717) is 0 Å². The van der Waals surface area contributed by atoms with Crippen LogP contribution >= 0.6 is 11.3 Å². The molecular formula is C11H18N2S. The average Bonchev–Trinajstić information content (AvgIpc) is 2.53. The van der Waals surface area contributed by atoms with Crippen molar-refractivity contribution in [2.45, 2.75) is 13.5 Å². The Labute approximate surface area is 89.7 Å². The molecular weight excluding hydrogens is 192 g/mol. The first-order chi connectivity index (χ1) is 6.86. The van der Waals surface area contributed by atoms with Gasteiger partial charge in [0.25, 0.3) is 0 Å². The van der Waals surface area contributed by atoms with Gasteiger partial charge < -0.3 is 10.6 Å². The van der Waals surface area contributed by atoms with E-state index in [2.05, 4.69) is 34.4 Å². The maximum absolute atomic E-state index is 3.52. The zero-order valence-corrected chi connectivity index (χ0v) is 9.44. The third-order valence-corrected chi connectivity index (χ3v) is 3.73. The van der Waals surface area contributed by atoms with Crippen LogP contribution in [0.5, 0.6) is 0 Å². The highest BCUT2D eigenvalue weighted by molar-refractivity contribution is 7.07. The molecule has 2 nitrogen and oxygen atoms in total. The molecule has 1 unspecified atom stereocenters. The van der Waals surface area contributed by atoms with Crippen LogP contribution in [0.4, 0.5) is 0 Å². The molecule has 1 aliphatic rings. The predicted octanol–water partition coefficient (Wildman–Crippen LogP) is 1.69. The van der Waals surface area contributed by atoms with Gasteiger partial charge >= 0.3 is 0 Å². The average molecular weight is 210 g/mol. The topological polar surface area (TPSA) is 24.1 Å². The van der Waals surface area contributed by atoms with Gasteiger partial charge in [-0.25, -0.2) is 0 Å². The van der Waals surface area contributed by atoms with Crippen LogP contribution in [0, 0.1) is 11.8 Å². The molecule has 1 saturated heterocycles. The predicted molar refractivity (Wildman–Crippen MR) is 61.5 cm³/mol. The van der Waals surface area contributed by atoms with Crippen molar-refractivity contribution in [2.24, 2.45) is 11.8 Å². The van der Waals surface area contributed by atoms with E-state index in [9.17, 15) is 0 Å². The van der Waals surface area contributed by atoms with Crippen LogP contribution in [0.1, 0.15) is 12.5 Å². The summed E-state index contributed by atoms with van der Waals surface area (Å²) in [7, 11) is 0. The number of nitrogens with one attached hydrogen (secondary N) is 2. The number of rotatable bonds is 5. The summed E-state index contributed by atoms with van der Waals surface area (Å²) in [5, 5.41) is 11.2. The third-order valence-electron chi connectivity index (χ3n) is 2.99. The van der Waals surface area contributed by atoms with Gasteiger partial charge in [-0.05, 0) is 53.9 Å². The lowest BCUT2D eigenvalue weighted by atomic mass is 9.89. The standard InChI is InChI=1S/C11H18N2S/c1-9(11-6-13-7-11)4-12-5-10-2-3-14-8-10/h2-3,8-9,11-13H,4-7H2,1H3. The Bertz CT molecular complexity index is 254. The summed E-state index contributed by atoms with van der Waals surface area (Å²) < 4.78 is 0. The fourth-order valence-electron chi connectivity index (χ4n) is 1.72. The van der Waals surface area contributed by atoms with Crippen molar-refractivity contribution < 1.29 is 0 Å². The van der Waals surface area contributed by atoms with Crippen molar-refractivity contribution in [3.8, 4) is 0 Å². The molecule has 0 aromatic carbocycles. The minimum Gasteiger partial charge on any atom is -0.316 e. The van der Waals surface area contributed by atoms with Crippen molar-refractivity contribution in [3.05, 3.63) is 22.4 Å². The maximum atomic E-state index is 3.52. The lowest BCUT2D eigenvalue weighted by Crippen LogP contribution is -2.47. The van der Waals surface area contributed by atoms with Crippen LogP contribution in [0.15, 0.2) is 16.8 Å². The zero-order chi connectivity index (χ0) is 9.80. The summed E-state index contributed by atoms with van der Waals surface area (Å²) in [6.45, 7) is 6.92. The van der Waals surface area contributed by atoms with Crippen LogP contribution in [0.25, 0.3) is 0 Å². The fraction of sp³-hybridized carbons (Fsp3) is 0.636. The Kier molecular flexibility index (Phi) is 3.56. The van der Waals surface area contributed by atoms with Gasteiger partial charge in [-0.15, -0.1) is 0 Å². The molecule has 1 aromatic rings. The molecule has 0 aliphatic carbocycles. The Morgan fingerprint density at radius 2 is 2.50 bits per heavy atom. The highest BCUT2D eigenvalue weighted by atomic mass is 32.1. The first-order valence-electron chi connectivity index (χ1n) is 5.29. The van der Waals surface area contributed by atoms with E-state index < -0.39 is 0 Å². The summed E-state index contributed by atoms with van der Waals surface area (Å²) in [6, 6.07) is 2.19. The van der Waals surface area contributed by atoms with Crippen molar-refractivity contribution in [2.75, 3.05) is 19.6 Å². The lowest BCUT2D eigenvalue weighted by Gasteiger charge is -2.32. The SMILES string of the molecule is CC(CNCc1ccsc1)C1CNC1. The number of hydrogen-bond donors (Lipinski definition) is 2. The number of thiophene rings is 1. The molecule has 0 saturated carbocycles. The van der Waals surface area contributed by atoms with Crippen molar-refractivity contribution in [3.63, 3.8) is 0 Å². The molecule has 0 amide bonds. The van der Waals surface area contributed by atoms with Gasteiger partial charge in [-0.2, -0.15) is 11.3 Å². The van der Waals surface area contributed by atoms with Crippen LogP contribution < -0.4 is 10.6 Å². The molecule has 1 aliphatic heterocycles. The van der Waals surface area contributed by atoms with Gasteiger partial charge in [0, 0.05) is 6.54 Å². The Hall–Kier alpha value is -0.380. The van der Waals surface area contributed by atoms with Gasteiger partial charge in [0.15, 0.2) is 0 Å². The molecule has 3 heteroatoms. The van der Waals surface area contributed by atoms with Crippen LogP contribution in [0.3, 0.4) is 0 Å². The normalized spacial score (nSPS) is 19.2. The minimum absolute atomic E-state index is 0.801. The number of hydrogen-bond acceptors (Lipinski definition) is 3. The quantitative estimate of drug-likeness (QED) is 0.773. The molecule has 0 bridgehead atoms. The van der Waals surface area contributed by atoms with E-state index in [-0.39, 0.29) is 0 Å². The van der Waals surface area contributed by atoms with Gasteiger partial charge in [-0.3, -0.25) is 0 Å². The first kappa shape index (κ1) is 10.1. The van der Waals surface area contributed by atoms with Crippen LogP contribution in [-0.2, 0) is 6.54 Å². The molecule has 2 rings (SSSR count). The minimum atomic E-state index is 0.801. The molecule has 1 aromatic heterocycles. The molecule has 2 heterocycles. The summed E-state index contributed by atoms with van der Waals surface area (Å²) >= 11 is 1.77. The van der Waals surface area contributed by atoms with E-state index in [1.54, 1.807) is 11.3 Å². The van der Waals surface area contributed by atoms with Crippen molar-refractivity contribution in [1.29, 1.82) is 0 Å². The summed E-state index contributed by atoms with van der Waals surface area (Å²) in [5.74, 6) is 1.69. The monoisotopic (exact) mass is 210 g/mol. The third kappa shape index (κ3) is 2.56. The van der Waals surface area contributed by atoms with Crippen molar-refractivity contribution >= 4 is 11.3 Å². The van der Waals surface area contributed by atoms with Gasteiger partial charge in [0.1, 0.15) is 0 Å². The zero-order valence-electron chi connectivity index (χ0n) is 8.62. The van der Waals surface area contributed by atoms with E-state index >= 15 is 0 Å². The highest BCUT2D eigenvalue weighted by Gasteiger charge is 2.22. The Balaban J connectivity index is 1.62. The smallest absolute Gasteiger partial charge is 0.0213 e. The summed E-state index contributed by atoms with van der Waals surface area (Å²) in [6.07, 6.45) is 0. The van der Waals surface area contributed by atoms with Gasteiger partial charge in [-0.1, -0.05) is 6.92 Å². The molecule has 0 spiro atoms. The lowest BCUT2D eigenvalue weighted by molar-refractivity contribution is 0.242. The van der Waals surface area contributed by atoms with Crippen molar-refractivity contribution in [1.82, 2.24) is 10.6 Å². The van der Waals surface area contributed by atoms with Gasteiger partial charge in [0.05, 0.1) is 0 Å². The second kappa shape index (κ2) is 4.91. The van der Waals surface area contributed by atoms with E-state index in [1.807, 2.05) is 0 Å². The van der Waals surface area contributed by atoms with E-state index in [0.717, 1.165) is 24.9 Å². The summed E-state index contributed by atoms with van der Waals surface area (Å²) in [5.41, 5.74) is 1.41. The second-order valence-electron chi connectivity index (χ2n) is 4.16. The molecule has 2 N–H and O–H groups in total. The fourth-order valence-corrected chi connectivity index (χ4v) is 2.39. The molecule has 1 fully saturated rings. The largest absolute Gasteiger partial charge is 0.316 e. The molecule has 1 atom stereocenters. The highest BCUT2D eigenvalue weighted by Crippen LogP contribution is 2.14. The maximum Gasteiger partial charge on any atom is 0.0213 e. The van der Waals surface area contributed by atoms with E-state index in [1.165, 1.54) is 18.7 Å².